The van der Waals surface area contributed by atoms with Crippen LogP contribution in [0, 0.1) is 0 Å². The van der Waals surface area contributed by atoms with Gasteiger partial charge in [0, 0.05) is 208 Å². The highest BCUT2D eigenvalue weighted by molar-refractivity contribution is 6.13. The predicted molar refractivity (Wildman–Crippen MR) is 468 cm³/mol. The third kappa shape index (κ3) is 18.4. The molecule has 0 aromatic heterocycles. The van der Waals surface area contributed by atoms with Gasteiger partial charge in [0.2, 0.25) is 82.7 Å². The van der Waals surface area contributed by atoms with Crippen LogP contribution in [0.4, 0.5) is 39.8 Å². The van der Waals surface area contributed by atoms with Crippen molar-refractivity contribution in [3.05, 3.63) is 205 Å². The van der Waals surface area contributed by atoms with Crippen molar-refractivity contribution in [2.45, 2.75) is 178 Å². The average molecular weight is 1830 g/mol. The van der Waals surface area contributed by atoms with Crippen LogP contribution in [0.3, 0.4) is 0 Å². The van der Waals surface area contributed by atoms with Crippen LogP contribution < -0.4 is 77.4 Å². The summed E-state index contributed by atoms with van der Waals surface area (Å²) >= 11 is 0. The number of anilines is 7. The molecule has 42 nitrogen and oxygen atoms in total. The monoisotopic (exact) mass is 1830 g/mol. The highest BCUT2D eigenvalue weighted by Gasteiger charge is 2.48. The van der Waals surface area contributed by atoms with Gasteiger partial charge in [-0.2, -0.15) is 0 Å². The Labute approximate surface area is 782 Å². The second-order valence-corrected chi connectivity index (χ2v) is 31.2. The molecular formula is C91H91N21O21. The van der Waals surface area contributed by atoms with Crippen molar-refractivity contribution < 1.29 is 127 Å². The zero-order valence-corrected chi connectivity index (χ0v) is 69.5. The van der Waals surface area contributed by atoms with E-state index in [4.69, 9.17) is 66.2 Å². The van der Waals surface area contributed by atoms with E-state index in [1.807, 2.05) is 16.0 Å². The van der Waals surface area contributed by atoms with Crippen molar-refractivity contribution in [2.75, 3.05) is 40.1 Å². The van der Waals surface area contributed by atoms with E-state index in [2.05, 4.69) is 21.3 Å². The number of hydrogen-bond donors (Lipinski definition) is 14. The topological polar surface area (TPSA) is 648 Å². The summed E-state index contributed by atoms with van der Waals surface area (Å²) in [4.78, 5) is 256. The number of imide groups is 7. The first kappa shape index (κ1) is 69.5. The summed E-state index contributed by atoms with van der Waals surface area (Å²) in [5.41, 5.74) is 42.0. The molecular weight excluding hydrogens is 1720 g/mol. The molecule has 21 N–H and O–H groups in total. The Morgan fingerprint density at radius 2 is 0.444 bits per heavy atom. The Morgan fingerprint density at radius 1 is 0.241 bits per heavy atom. The number of fused-ring (bicyclic) bond motifs is 7. The number of nitrogens with zero attached hydrogens (tertiary/aromatic N) is 7. The van der Waals surface area contributed by atoms with Crippen LogP contribution in [0.2, 0.25) is 0 Å². The van der Waals surface area contributed by atoms with E-state index in [-0.39, 0.29) is 246 Å². The number of nitrogens with one attached hydrogen (secondary N) is 7. The summed E-state index contributed by atoms with van der Waals surface area (Å²) in [6.07, 6.45) is -0.191. The van der Waals surface area contributed by atoms with E-state index in [0.29, 0.717) is 25.8 Å². The fourth-order valence-corrected chi connectivity index (χ4v) is 16.0. The van der Waals surface area contributed by atoms with Crippen LogP contribution in [0.15, 0.2) is 127 Å². The number of benzene rings is 7. The van der Waals surface area contributed by atoms with Crippen molar-refractivity contribution in [1.82, 2.24) is 71.5 Å². The number of carbonyl (C=O) groups excluding carboxylic acids is 21. The van der Waals surface area contributed by atoms with Crippen LogP contribution in [0.25, 0.3) is 0 Å². The minimum Gasteiger partial charge on any atom is -0.398 e. The van der Waals surface area contributed by atoms with E-state index >= 15 is 0 Å². The van der Waals surface area contributed by atoms with Gasteiger partial charge in [-0.15, -0.1) is 0 Å². The van der Waals surface area contributed by atoms with Gasteiger partial charge in [0.15, 0.2) is 0 Å². The molecule has 14 heterocycles. The lowest BCUT2D eigenvalue weighted by molar-refractivity contribution is -0.138. The van der Waals surface area contributed by atoms with Crippen molar-refractivity contribution in [2.24, 2.45) is 0 Å². The molecule has 0 radical (unpaired) electrons. The molecule has 686 valence electrons. The fraction of sp³-hybridized carbons (Fsp3) is 0.308. The average Bonchev–Trinajstić information content (AvgIpc) is 1.59. The number of amides is 21. The fourth-order valence-electron chi connectivity index (χ4n) is 16.0. The lowest BCUT2D eigenvalue weighted by atomic mass is 10.0. The van der Waals surface area contributed by atoms with Gasteiger partial charge >= 0.3 is 0 Å². The van der Waals surface area contributed by atoms with Gasteiger partial charge in [-0.1, -0.05) is 42.4 Å². The van der Waals surface area contributed by atoms with Crippen molar-refractivity contribution in [1.29, 1.82) is 0 Å². The number of nitrogen functional groups attached to an aromatic ring is 7. The Kier molecular flexibility index (Phi) is 19.6. The third-order valence-electron chi connectivity index (χ3n) is 22.8. The Morgan fingerprint density at radius 3 is 0.669 bits per heavy atom. The van der Waals surface area contributed by atoms with E-state index < -0.39 is 199 Å². The number of rotatable bonds is 7. The van der Waals surface area contributed by atoms with Crippen LogP contribution in [0.5, 0.6) is 0 Å². The second-order valence-electron chi connectivity index (χ2n) is 31.2. The number of hydrogen-bond acceptors (Lipinski definition) is 28. The van der Waals surface area contributed by atoms with Gasteiger partial charge < -0.3 is 74.4 Å². The number of piperidine rings is 7. The van der Waals surface area contributed by atoms with E-state index in [1.165, 1.54) is 88.7 Å². The van der Waals surface area contributed by atoms with Gasteiger partial charge in [0.1, 0.15) is 42.2 Å². The molecule has 7 aromatic rings. The van der Waals surface area contributed by atoms with Crippen LogP contribution in [-0.2, 0) is 113 Å². The summed E-state index contributed by atoms with van der Waals surface area (Å²) in [5, 5.41) is 14.6. The molecule has 7 atom stereocenters. The second kappa shape index (κ2) is 37.6. The third-order valence-corrected chi connectivity index (χ3v) is 22.8. The Hall–Kier alpha value is -16.6. The first-order valence-corrected chi connectivity index (χ1v) is 40.8. The zero-order chi connectivity index (χ0) is 112. The molecule has 14 aliphatic rings. The minimum absolute atomic E-state index is 0.00428. The van der Waals surface area contributed by atoms with Crippen molar-refractivity contribution >= 4 is 164 Å². The molecule has 0 spiro atoms. The summed E-state index contributed by atoms with van der Waals surface area (Å²) in [6.45, 7) is -11.6. The molecule has 2 unspecified atom stereocenters. The highest BCUT2D eigenvalue weighted by atomic mass is 16.2. The van der Waals surface area contributed by atoms with E-state index in [1.54, 1.807) is 12.1 Å². The first-order chi connectivity index (χ1) is 70.9. The van der Waals surface area contributed by atoms with Crippen molar-refractivity contribution in [3.8, 4) is 0 Å². The largest absolute Gasteiger partial charge is 0.398 e. The SMILES string of the molecule is [2H]C1(N2C(=O)c3cccc(N)c3C2([2H])[2H])CCC(=O)NC1=O.[2H]C1([2H])c2c(N)cccc2C(=O)N1[C@@H]1CCC(=O)NC1=O.[2H]C1([2H])c2c(N)cccc2C(=O)N1[C@@]1([2H])CCC(=O)NC1=O.[2H]C1([2H])c2c(N)cccc2C(=O)N1[C@H]1CCC(=O)NC1=O.[2H]C1([2H])c2c(N)cccc2C(=O)N1[C@]1([2H])CCC(=O)NC1=O.[2H]c1c([2H])c(N)c2c(c1[2H])C(=O)N(C1CCC(=O)NC1=O)C2.[2H]c1c([2H])c(N)c2c(c1[2H])C(=O)N([C@H]1CCC(=O)NC1=O)C2. The summed E-state index contributed by atoms with van der Waals surface area (Å²) < 4.78 is 153. The number of carbonyl (C=O) groups is 21. The van der Waals surface area contributed by atoms with Gasteiger partial charge in [0.25, 0.3) is 41.4 Å². The molecule has 14 aliphatic heterocycles. The maximum atomic E-state index is 12.5. The highest BCUT2D eigenvalue weighted by Crippen LogP contribution is 2.39. The van der Waals surface area contributed by atoms with Gasteiger partial charge in [0.05, 0.1) is 26.0 Å². The lowest BCUT2D eigenvalue weighted by Gasteiger charge is -2.29. The Bertz CT molecular complexity index is 6820. The summed E-state index contributed by atoms with van der Waals surface area (Å²) in [7, 11) is 0. The normalized spacial score (nSPS) is 28.0. The quantitative estimate of drug-likeness (QED) is 0.0749. The van der Waals surface area contributed by atoms with Crippen LogP contribution in [0.1, 0.15) is 227 Å². The smallest absolute Gasteiger partial charge is 0.255 e. The Balaban J connectivity index is 0.000000132. The van der Waals surface area contributed by atoms with E-state index in [0.717, 1.165) is 9.80 Å². The maximum absolute atomic E-state index is 12.5. The van der Waals surface area contributed by atoms with Gasteiger partial charge in [-0.05, 0) is 130 Å². The van der Waals surface area contributed by atoms with Crippen LogP contribution in [-0.4, -0.2) is 201 Å². The zero-order valence-electron chi connectivity index (χ0n) is 88.5. The van der Waals surface area contributed by atoms with E-state index in [9.17, 15) is 101 Å². The molecule has 0 saturated carbocycles. The molecule has 7 aromatic carbocycles. The maximum Gasteiger partial charge on any atom is 0.255 e. The molecule has 133 heavy (non-hydrogen) atoms. The molecule has 21 amide bonds. The molecule has 21 rings (SSSR count). The van der Waals surface area contributed by atoms with Crippen LogP contribution >= 0.6 is 0 Å². The first-order valence-electron chi connectivity index (χ1n) is 50.3. The molecule has 7 fully saturated rings. The molecule has 0 aliphatic carbocycles. The lowest BCUT2D eigenvalue weighted by Crippen LogP contribution is -2.52. The van der Waals surface area contributed by atoms with Gasteiger partial charge in [-0.3, -0.25) is 138 Å². The molecule has 0 bridgehead atoms. The summed E-state index contributed by atoms with van der Waals surface area (Å²) in [5.74, 6) is -13.3. The standard InChI is InChI=1S/7C13H13N3O3/c7*14-9-3-1-2-7-8(9)6-16(13(7)19)10-4-5-11(17)15-12(10)18/h7*1-3,10H,4-6,14H2,(H,15,17,18)/t5*10-;;/m11000../s1/i6D2,10D;6D2;1D,2D,3D;6D2,10D;6D2;1D,2D,3D;6D2,10D. The number of nitrogens with two attached hydrogens (primary N) is 7. The predicted octanol–water partition coefficient (Wildman–Crippen LogP) is 0.209. The summed E-state index contributed by atoms with van der Waals surface area (Å²) in [6, 6.07) is 9.88. The van der Waals surface area contributed by atoms with Crippen molar-refractivity contribution in [3.63, 3.8) is 0 Å². The molecule has 42 heteroatoms. The minimum atomic E-state index is -2.41. The van der Waals surface area contributed by atoms with Gasteiger partial charge in [-0.25, -0.2) is 0 Å². The molecule has 7 saturated heterocycles.